The third-order valence-corrected chi connectivity index (χ3v) is 5.37. The van der Waals surface area contributed by atoms with E-state index >= 15 is 0 Å². The molecule has 8 heteroatoms. The van der Waals surface area contributed by atoms with Crippen molar-refractivity contribution in [3.8, 4) is 11.5 Å². The van der Waals surface area contributed by atoms with Crippen molar-refractivity contribution >= 4 is 45.0 Å². The van der Waals surface area contributed by atoms with E-state index in [0.29, 0.717) is 30.5 Å². The Hall–Kier alpha value is -2.35. The second kappa shape index (κ2) is 11.2. The van der Waals surface area contributed by atoms with E-state index in [1.807, 2.05) is 58.3 Å². The van der Waals surface area contributed by atoms with Gasteiger partial charge in [-0.1, -0.05) is 17.4 Å². The van der Waals surface area contributed by atoms with E-state index in [1.54, 1.807) is 17.0 Å². The highest BCUT2D eigenvalue weighted by Gasteiger charge is 2.22. The minimum absolute atomic E-state index is 0. The number of halogens is 1. The number of para-hydroxylation sites is 1. The maximum absolute atomic E-state index is 13.3. The van der Waals surface area contributed by atoms with Gasteiger partial charge in [0.15, 0.2) is 5.13 Å². The van der Waals surface area contributed by atoms with Crippen LogP contribution in [0.25, 0.3) is 10.2 Å². The number of nitrogens with zero attached hydrogens (tertiary/aromatic N) is 3. The summed E-state index contributed by atoms with van der Waals surface area (Å²) in [6.07, 6.45) is 0. The molecule has 0 saturated heterocycles. The molecular formula is C22H28ClN3O3S. The number of aromatic nitrogens is 1. The molecule has 0 saturated carbocycles. The quantitative estimate of drug-likeness (QED) is 0.473. The van der Waals surface area contributed by atoms with E-state index in [1.165, 1.54) is 11.3 Å². The number of thiazole rings is 1. The largest absolute Gasteiger partial charge is 0.494 e. The molecule has 0 aliphatic carbocycles. The molecule has 3 aromatic rings. The van der Waals surface area contributed by atoms with Crippen LogP contribution < -0.4 is 14.4 Å². The topological polar surface area (TPSA) is 54.9 Å². The number of fused-ring (bicyclic) bond motifs is 1. The lowest BCUT2D eigenvalue weighted by Gasteiger charge is -2.22. The molecule has 2 aromatic carbocycles. The van der Waals surface area contributed by atoms with Crippen LogP contribution in [0.4, 0.5) is 5.13 Å². The fraction of sp³-hybridized carbons (Fsp3) is 0.364. The van der Waals surface area contributed by atoms with E-state index in [-0.39, 0.29) is 18.3 Å². The van der Waals surface area contributed by atoms with Crippen molar-refractivity contribution in [1.29, 1.82) is 0 Å². The average molecular weight is 450 g/mol. The highest BCUT2D eigenvalue weighted by atomic mass is 35.5. The molecule has 0 aliphatic rings. The van der Waals surface area contributed by atoms with Crippen molar-refractivity contribution in [2.45, 2.75) is 13.8 Å². The molecule has 0 bridgehead atoms. The SMILES string of the molecule is CCOc1ccc(C(=O)N(CCN(C)C)c2nc3c(OCC)cccc3s2)cc1.Cl. The molecule has 162 valence electrons. The van der Waals surface area contributed by atoms with Gasteiger partial charge < -0.3 is 14.4 Å². The number of hydrogen-bond acceptors (Lipinski definition) is 6. The first kappa shape index (κ1) is 23.9. The van der Waals surface area contributed by atoms with E-state index < -0.39 is 0 Å². The maximum atomic E-state index is 13.3. The summed E-state index contributed by atoms with van der Waals surface area (Å²) in [6.45, 7) is 6.33. The average Bonchev–Trinajstić information content (AvgIpc) is 3.14. The first-order chi connectivity index (χ1) is 14.0. The molecule has 0 N–H and O–H groups in total. The highest BCUT2D eigenvalue weighted by Crippen LogP contribution is 2.34. The zero-order valence-electron chi connectivity index (χ0n) is 17.8. The summed E-state index contributed by atoms with van der Waals surface area (Å²) in [5.41, 5.74) is 1.40. The van der Waals surface area contributed by atoms with Crippen LogP contribution in [0.5, 0.6) is 11.5 Å². The molecule has 0 atom stereocenters. The van der Waals surface area contributed by atoms with Gasteiger partial charge in [-0.15, -0.1) is 12.4 Å². The lowest BCUT2D eigenvalue weighted by atomic mass is 10.2. The Labute approximate surface area is 187 Å². The molecule has 30 heavy (non-hydrogen) atoms. The van der Waals surface area contributed by atoms with Gasteiger partial charge in [-0.3, -0.25) is 9.69 Å². The van der Waals surface area contributed by atoms with Gasteiger partial charge in [0.2, 0.25) is 0 Å². The van der Waals surface area contributed by atoms with E-state index in [0.717, 1.165) is 28.3 Å². The van der Waals surface area contributed by atoms with Gasteiger partial charge in [0.1, 0.15) is 17.0 Å². The highest BCUT2D eigenvalue weighted by molar-refractivity contribution is 7.22. The first-order valence-corrected chi connectivity index (χ1v) is 10.6. The summed E-state index contributed by atoms with van der Waals surface area (Å²) >= 11 is 1.50. The summed E-state index contributed by atoms with van der Waals surface area (Å²) in [5, 5.41) is 0.674. The Kier molecular flexibility index (Phi) is 8.89. The molecule has 1 amide bonds. The third kappa shape index (κ3) is 5.62. The van der Waals surface area contributed by atoms with Crippen molar-refractivity contribution in [3.63, 3.8) is 0 Å². The van der Waals surface area contributed by atoms with Crippen LogP contribution in [0.2, 0.25) is 0 Å². The van der Waals surface area contributed by atoms with Gasteiger partial charge in [0.05, 0.1) is 17.9 Å². The Balaban J connectivity index is 0.00000320. The standard InChI is InChI=1S/C22H27N3O3S.ClH/c1-5-27-17-12-10-16(11-13-17)21(26)25(15-14-24(3)4)22-23-20-18(28-6-2)8-7-9-19(20)29-22;/h7-13H,5-6,14-15H2,1-4H3;1H. The smallest absolute Gasteiger partial charge is 0.260 e. The van der Waals surface area contributed by atoms with E-state index in [2.05, 4.69) is 4.90 Å². The van der Waals surface area contributed by atoms with Crippen molar-refractivity contribution < 1.29 is 14.3 Å². The minimum atomic E-state index is -0.0769. The van der Waals surface area contributed by atoms with Crippen LogP contribution in [0.15, 0.2) is 42.5 Å². The fourth-order valence-corrected chi connectivity index (χ4v) is 3.91. The molecule has 0 radical (unpaired) electrons. The first-order valence-electron chi connectivity index (χ1n) is 9.75. The Morgan fingerprint density at radius 3 is 2.33 bits per heavy atom. The lowest BCUT2D eigenvalue weighted by Crippen LogP contribution is -2.36. The molecule has 0 spiro atoms. The van der Waals surface area contributed by atoms with E-state index in [9.17, 15) is 4.79 Å². The fourth-order valence-electron chi connectivity index (χ4n) is 2.90. The summed E-state index contributed by atoms with van der Waals surface area (Å²) in [7, 11) is 3.98. The second-order valence-corrected chi connectivity index (χ2v) is 7.76. The van der Waals surface area contributed by atoms with Crippen LogP contribution in [-0.4, -0.2) is 56.2 Å². The van der Waals surface area contributed by atoms with Gasteiger partial charge >= 0.3 is 0 Å². The van der Waals surface area contributed by atoms with Crippen LogP contribution in [0.1, 0.15) is 24.2 Å². The summed E-state index contributed by atoms with van der Waals surface area (Å²) in [5.74, 6) is 1.42. The number of benzene rings is 2. The number of anilines is 1. The zero-order chi connectivity index (χ0) is 20.8. The number of likely N-dealkylation sites (N-methyl/N-ethyl adjacent to an activating group) is 1. The zero-order valence-corrected chi connectivity index (χ0v) is 19.4. The van der Waals surface area contributed by atoms with Crippen LogP contribution >= 0.6 is 23.7 Å². The molecule has 0 unspecified atom stereocenters. The number of ether oxygens (including phenoxy) is 2. The van der Waals surface area contributed by atoms with E-state index in [4.69, 9.17) is 14.5 Å². The number of carbonyl (C=O) groups excluding carboxylic acids is 1. The Morgan fingerprint density at radius 1 is 1.00 bits per heavy atom. The van der Waals surface area contributed by atoms with Crippen molar-refractivity contribution in [2.24, 2.45) is 0 Å². The molecule has 3 rings (SSSR count). The lowest BCUT2D eigenvalue weighted by molar-refractivity contribution is 0.0985. The molecule has 1 heterocycles. The summed E-state index contributed by atoms with van der Waals surface area (Å²) < 4.78 is 12.2. The van der Waals surface area contributed by atoms with Crippen LogP contribution in [0.3, 0.4) is 0 Å². The predicted octanol–water partition coefficient (Wildman–Crippen LogP) is 4.72. The number of amides is 1. The van der Waals surface area contributed by atoms with Crippen molar-refractivity contribution in [2.75, 3.05) is 45.3 Å². The molecule has 0 aliphatic heterocycles. The van der Waals surface area contributed by atoms with Gasteiger partial charge in [0.25, 0.3) is 5.91 Å². The van der Waals surface area contributed by atoms with Gasteiger partial charge in [-0.05, 0) is 64.3 Å². The van der Waals surface area contributed by atoms with Gasteiger partial charge in [-0.2, -0.15) is 0 Å². The molecule has 1 aromatic heterocycles. The monoisotopic (exact) mass is 449 g/mol. The Bertz CT molecular complexity index is 960. The number of carbonyl (C=O) groups is 1. The van der Waals surface area contributed by atoms with Crippen molar-refractivity contribution in [3.05, 3.63) is 48.0 Å². The van der Waals surface area contributed by atoms with Gasteiger partial charge in [0, 0.05) is 18.7 Å². The summed E-state index contributed by atoms with van der Waals surface area (Å²) in [6, 6.07) is 13.1. The van der Waals surface area contributed by atoms with Gasteiger partial charge in [-0.25, -0.2) is 4.98 Å². The predicted molar refractivity (Wildman–Crippen MR) is 126 cm³/mol. The third-order valence-electron chi connectivity index (χ3n) is 4.33. The molecular weight excluding hydrogens is 422 g/mol. The minimum Gasteiger partial charge on any atom is -0.494 e. The normalized spacial score (nSPS) is 10.7. The number of hydrogen-bond donors (Lipinski definition) is 0. The maximum Gasteiger partial charge on any atom is 0.260 e. The molecule has 6 nitrogen and oxygen atoms in total. The van der Waals surface area contributed by atoms with Crippen LogP contribution in [0, 0.1) is 0 Å². The summed E-state index contributed by atoms with van der Waals surface area (Å²) in [4.78, 5) is 21.9. The Morgan fingerprint density at radius 2 is 1.70 bits per heavy atom. The molecule has 0 fully saturated rings. The van der Waals surface area contributed by atoms with Crippen molar-refractivity contribution in [1.82, 2.24) is 9.88 Å². The number of rotatable bonds is 9. The second-order valence-electron chi connectivity index (χ2n) is 6.75. The van der Waals surface area contributed by atoms with Crippen LogP contribution in [-0.2, 0) is 0 Å².